The van der Waals surface area contributed by atoms with Crippen LogP contribution < -0.4 is 5.32 Å². The molecule has 2 aliphatic heterocycles. The summed E-state index contributed by atoms with van der Waals surface area (Å²) in [6.07, 6.45) is 5.45. The Bertz CT molecular complexity index is 653. The summed E-state index contributed by atoms with van der Waals surface area (Å²) >= 11 is 0. The Morgan fingerprint density at radius 3 is 2.46 bits per heavy atom. The van der Waals surface area contributed by atoms with Crippen molar-refractivity contribution in [3.8, 4) is 0 Å². The summed E-state index contributed by atoms with van der Waals surface area (Å²) in [5.74, 6) is 0.393. The minimum atomic E-state index is 0.0973. The zero-order valence-electron chi connectivity index (χ0n) is 14.3. The molecule has 1 saturated carbocycles. The van der Waals surface area contributed by atoms with Crippen LogP contribution in [0.1, 0.15) is 42.5 Å². The SMILES string of the molecule is CN1CC[C@@]12CCCN(C(=O)c1ccc(NC(=O)C3CC3)cc1)C2. The van der Waals surface area contributed by atoms with Crippen molar-refractivity contribution in [2.24, 2.45) is 5.92 Å². The zero-order chi connectivity index (χ0) is 16.7. The third kappa shape index (κ3) is 2.81. The number of amides is 2. The van der Waals surface area contributed by atoms with E-state index in [0.717, 1.165) is 44.6 Å². The highest BCUT2D eigenvalue weighted by Crippen LogP contribution is 2.37. The van der Waals surface area contributed by atoms with Crippen LogP contribution in [0.3, 0.4) is 0 Å². The van der Waals surface area contributed by atoms with Crippen molar-refractivity contribution in [2.75, 3.05) is 32.0 Å². The Morgan fingerprint density at radius 2 is 1.88 bits per heavy atom. The molecule has 4 rings (SSSR count). The molecule has 1 aromatic carbocycles. The van der Waals surface area contributed by atoms with Gasteiger partial charge in [-0.1, -0.05) is 0 Å². The fraction of sp³-hybridized carbons (Fsp3) is 0.579. The highest BCUT2D eigenvalue weighted by molar-refractivity contribution is 5.96. The van der Waals surface area contributed by atoms with Crippen molar-refractivity contribution in [3.63, 3.8) is 0 Å². The highest BCUT2D eigenvalue weighted by Gasteiger charge is 2.46. The summed E-state index contributed by atoms with van der Waals surface area (Å²) in [5.41, 5.74) is 1.70. The second kappa shape index (κ2) is 5.88. The van der Waals surface area contributed by atoms with Crippen LogP contribution in [-0.2, 0) is 4.79 Å². The molecule has 0 aromatic heterocycles. The Morgan fingerprint density at radius 1 is 1.12 bits per heavy atom. The number of hydrogen-bond donors (Lipinski definition) is 1. The number of benzene rings is 1. The van der Waals surface area contributed by atoms with Crippen molar-refractivity contribution in [1.82, 2.24) is 9.80 Å². The average molecular weight is 327 g/mol. The van der Waals surface area contributed by atoms with Crippen LogP contribution in [0.25, 0.3) is 0 Å². The number of anilines is 1. The summed E-state index contributed by atoms with van der Waals surface area (Å²) in [7, 11) is 2.16. The molecule has 1 aromatic rings. The van der Waals surface area contributed by atoms with E-state index < -0.39 is 0 Å². The molecule has 5 heteroatoms. The van der Waals surface area contributed by atoms with E-state index in [1.807, 2.05) is 29.2 Å². The maximum atomic E-state index is 12.8. The molecular weight excluding hydrogens is 302 g/mol. The maximum absolute atomic E-state index is 12.8. The molecule has 128 valence electrons. The first kappa shape index (κ1) is 15.6. The third-order valence-corrected chi connectivity index (χ3v) is 5.91. The number of nitrogens with one attached hydrogen (secondary N) is 1. The van der Waals surface area contributed by atoms with Gasteiger partial charge in [0, 0.05) is 42.3 Å². The molecule has 1 N–H and O–H groups in total. The lowest BCUT2D eigenvalue weighted by molar-refractivity contribution is -0.117. The van der Waals surface area contributed by atoms with Gasteiger partial charge in [-0.15, -0.1) is 0 Å². The molecule has 1 aliphatic carbocycles. The van der Waals surface area contributed by atoms with E-state index in [1.165, 1.54) is 12.8 Å². The lowest BCUT2D eigenvalue weighted by atomic mass is 9.78. The Balaban J connectivity index is 1.41. The van der Waals surface area contributed by atoms with Crippen molar-refractivity contribution in [1.29, 1.82) is 0 Å². The fourth-order valence-electron chi connectivity index (χ4n) is 3.92. The van der Waals surface area contributed by atoms with Crippen LogP contribution >= 0.6 is 0 Å². The van der Waals surface area contributed by atoms with Crippen LogP contribution in [0.15, 0.2) is 24.3 Å². The van der Waals surface area contributed by atoms with Gasteiger partial charge in [0.05, 0.1) is 0 Å². The summed E-state index contributed by atoms with van der Waals surface area (Å²) in [6.45, 7) is 2.81. The van der Waals surface area contributed by atoms with E-state index in [9.17, 15) is 9.59 Å². The van der Waals surface area contributed by atoms with Crippen molar-refractivity contribution in [2.45, 2.75) is 37.6 Å². The normalized spacial score (nSPS) is 27.0. The molecule has 1 atom stereocenters. The minimum absolute atomic E-state index is 0.0973. The molecule has 24 heavy (non-hydrogen) atoms. The van der Waals surface area contributed by atoms with Gasteiger partial charge in [-0.3, -0.25) is 14.5 Å². The van der Waals surface area contributed by atoms with Crippen LogP contribution in [0.4, 0.5) is 5.69 Å². The second-order valence-electron chi connectivity index (χ2n) is 7.57. The number of rotatable bonds is 3. The molecule has 0 unspecified atom stereocenters. The van der Waals surface area contributed by atoms with E-state index in [0.29, 0.717) is 5.56 Å². The van der Waals surface area contributed by atoms with Gasteiger partial charge in [-0.25, -0.2) is 0 Å². The van der Waals surface area contributed by atoms with Gasteiger partial charge in [0.1, 0.15) is 0 Å². The summed E-state index contributed by atoms with van der Waals surface area (Å²) in [4.78, 5) is 29.0. The van der Waals surface area contributed by atoms with Gasteiger partial charge in [-0.2, -0.15) is 0 Å². The van der Waals surface area contributed by atoms with E-state index in [1.54, 1.807) is 0 Å². The van der Waals surface area contributed by atoms with Gasteiger partial charge in [-0.05, 0) is 63.4 Å². The van der Waals surface area contributed by atoms with Gasteiger partial charge < -0.3 is 10.2 Å². The van der Waals surface area contributed by atoms with Gasteiger partial charge in [0.2, 0.25) is 5.91 Å². The molecule has 2 amide bonds. The quantitative estimate of drug-likeness (QED) is 0.927. The van der Waals surface area contributed by atoms with Crippen LogP contribution in [0.5, 0.6) is 0 Å². The topological polar surface area (TPSA) is 52.6 Å². The maximum Gasteiger partial charge on any atom is 0.253 e. The zero-order valence-corrected chi connectivity index (χ0v) is 14.3. The second-order valence-corrected chi connectivity index (χ2v) is 7.57. The van der Waals surface area contributed by atoms with Crippen LogP contribution in [0.2, 0.25) is 0 Å². The van der Waals surface area contributed by atoms with Crippen LogP contribution in [-0.4, -0.2) is 53.8 Å². The number of piperidine rings is 1. The van der Waals surface area contributed by atoms with Gasteiger partial charge in [0.15, 0.2) is 0 Å². The van der Waals surface area contributed by atoms with E-state index in [-0.39, 0.29) is 23.3 Å². The van der Waals surface area contributed by atoms with Crippen molar-refractivity contribution < 1.29 is 9.59 Å². The molecule has 5 nitrogen and oxygen atoms in total. The monoisotopic (exact) mass is 327 g/mol. The predicted octanol–water partition coefficient (Wildman–Crippen LogP) is 2.35. The standard InChI is InChI=1S/C19H25N3O2/c1-21-12-10-19(21)9-2-11-22(13-19)18(24)15-5-7-16(8-6-15)20-17(23)14-3-4-14/h5-8,14H,2-4,9-13H2,1H3,(H,20,23)/t19-/m1/s1. The highest BCUT2D eigenvalue weighted by atomic mass is 16.2. The number of hydrogen-bond acceptors (Lipinski definition) is 3. The number of carbonyl (C=O) groups is 2. The van der Waals surface area contributed by atoms with Crippen LogP contribution in [0, 0.1) is 5.92 Å². The van der Waals surface area contributed by atoms with Crippen molar-refractivity contribution >= 4 is 17.5 Å². The third-order valence-electron chi connectivity index (χ3n) is 5.91. The Kier molecular flexibility index (Phi) is 3.83. The number of likely N-dealkylation sites (N-methyl/N-ethyl adjacent to an activating group) is 1. The first-order valence-electron chi connectivity index (χ1n) is 8.99. The average Bonchev–Trinajstić information content (AvgIpc) is 3.46. The molecule has 0 radical (unpaired) electrons. The molecule has 2 heterocycles. The first-order valence-corrected chi connectivity index (χ1v) is 8.99. The van der Waals surface area contributed by atoms with Gasteiger partial charge >= 0.3 is 0 Å². The van der Waals surface area contributed by atoms with Crippen molar-refractivity contribution in [3.05, 3.63) is 29.8 Å². The molecule has 3 fully saturated rings. The summed E-state index contributed by atoms with van der Waals surface area (Å²) in [6, 6.07) is 7.33. The number of carbonyl (C=O) groups excluding carboxylic acids is 2. The first-order chi connectivity index (χ1) is 11.6. The minimum Gasteiger partial charge on any atom is -0.337 e. The largest absolute Gasteiger partial charge is 0.337 e. The van der Waals surface area contributed by atoms with E-state index in [4.69, 9.17) is 0 Å². The lowest BCUT2D eigenvalue weighted by Crippen LogP contribution is -2.66. The summed E-state index contributed by atoms with van der Waals surface area (Å²) in [5, 5.41) is 2.92. The number of nitrogens with zero attached hydrogens (tertiary/aromatic N) is 2. The fourth-order valence-corrected chi connectivity index (χ4v) is 3.92. The lowest BCUT2D eigenvalue weighted by Gasteiger charge is -2.55. The Labute approximate surface area is 143 Å². The molecular formula is C19H25N3O2. The van der Waals surface area contributed by atoms with Gasteiger partial charge in [0.25, 0.3) is 5.91 Å². The van der Waals surface area contributed by atoms with E-state index >= 15 is 0 Å². The predicted molar refractivity (Wildman–Crippen MR) is 92.9 cm³/mol. The number of likely N-dealkylation sites (tertiary alicyclic amines) is 2. The van der Waals surface area contributed by atoms with E-state index in [2.05, 4.69) is 17.3 Å². The Hall–Kier alpha value is -1.88. The molecule has 0 bridgehead atoms. The smallest absolute Gasteiger partial charge is 0.253 e. The molecule has 3 aliphatic rings. The molecule has 2 saturated heterocycles. The molecule has 1 spiro atoms. The summed E-state index contributed by atoms with van der Waals surface area (Å²) < 4.78 is 0.